The van der Waals surface area contributed by atoms with Crippen LogP contribution in [0.15, 0.2) is 47.4 Å². The molecule has 0 saturated carbocycles. The summed E-state index contributed by atoms with van der Waals surface area (Å²) in [6.07, 6.45) is 0. The Kier molecular flexibility index (Phi) is 5.32. The molecule has 25 heavy (non-hydrogen) atoms. The zero-order valence-electron chi connectivity index (χ0n) is 13.7. The summed E-state index contributed by atoms with van der Waals surface area (Å²) in [5.41, 5.74) is -0.201. The van der Waals surface area contributed by atoms with E-state index in [0.29, 0.717) is 0 Å². The van der Waals surface area contributed by atoms with Gasteiger partial charge in [-0.25, -0.2) is 17.6 Å². The molecule has 2 aromatic rings. The fourth-order valence-corrected chi connectivity index (χ4v) is 3.88. The number of benzene rings is 2. The lowest BCUT2D eigenvalue weighted by molar-refractivity contribution is 0.0693. The van der Waals surface area contributed by atoms with Gasteiger partial charge < -0.3 is 10.2 Å². The number of aromatic hydroxyl groups is 1. The lowest BCUT2D eigenvalue weighted by Crippen LogP contribution is -2.34. The van der Waals surface area contributed by atoms with E-state index in [4.69, 9.17) is 5.11 Å². The topological polar surface area (TPSA) is 94.9 Å². The summed E-state index contributed by atoms with van der Waals surface area (Å²) in [5.74, 6) is -2.46. The van der Waals surface area contributed by atoms with Gasteiger partial charge in [-0.3, -0.25) is 4.31 Å². The second-order valence-corrected chi connectivity index (χ2v) is 7.75. The van der Waals surface area contributed by atoms with Crippen LogP contribution in [0.25, 0.3) is 0 Å². The summed E-state index contributed by atoms with van der Waals surface area (Å²) in [6.45, 7) is 3.74. The van der Waals surface area contributed by atoms with Crippen LogP contribution in [-0.2, 0) is 10.0 Å². The molecule has 2 rings (SSSR count). The molecule has 2 aromatic carbocycles. The van der Waals surface area contributed by atoms with E-state index in [1.54, 1.807) is 0 Å². The number of anilines is 1. The predicted molar refractivity (Wildman–Crippen MR) is 90.8 cm³/mol. The Morgan fingerprint density at radius 1 is 1.16 bits per heavy atom. The molecule has 0 unspecified atom stereocenters. The predicted octanol–water partition coefficient (Wildman–Crippen LogP) is 3.08. The molecule has 8 heteroatoms. The second kappa shape index (κ2) is 7.10. The molecule has 0 aromatic heterocycles. The minimum absolute atomic E-state index is 0.0449. The minimum atomic E-state index is -4.01. The zero-order chi connectivity index (χ0) is 18.8. The van der Waals surface area contributed by atoms with Gasteiger partial charge in [-0.05, 0) is 42.3 Å². The van der Waals surface area contributed by atoms with E-state index >= 15 is 0 Å². The first-order chi connectivity index (χ1) is 11.6. The van der Waals surface area contributed by atoms with Crippen molar-refractivity contribution in [2.45, 2.75) is 18.7 Å². The molecule has 0 aliphatic carbocycles. The van der Waals surface area contributed by atoms with Gasteiger partial charge in [0.2, 0.25) is 0 Å². The summed E-state index contributed by atoms with van der Waals surface area (Å²) in [6, 6.07) is 7.95. The fraction of sp³-hybridized carbons (Fsp3) is 0.235. The van der Waals surface area contributed by atoms with Crippen molar-refractivity contribution in [2.24, 2.45) is 5.92 Å². The maximum Gasteiger partial charge on any atom is 0.339 e. The summed E-state index contributed by atoms with van der Waals surface area (Å²) in [5, 5.41) is 18.8. The van der Waals surface area contributed by atoms with E-state index < -0.39 is 27.6 Å². The van der Waals surface area contributed by atoms with Crippen molar-refractivity contribution in [3.05, 3.63) is 53.8 Å². The number of hydrogen-bond donors (Lipinski definition) is 2. The molecule has 0 atom stereocenters. The Morgan fingerprint density at radius 3 is 2.24 bits per heavy atom. The molecule has 2 N–H and O–H groups in total. The number of nitrogens with zero attached hydrogens (tertiary/aromatic N) is 1. The summed E-state index contributed by atoms with van der Waals surface area (Å²) in [7, 11) is -4.01. The maximum atomic E-state index is 13.1. The van der Waals surface area contributed by atoms with Gasteiger partial charge in [0, 0.05) is 12.6 Å². The van der Waals surface area contributed by atoms with Gasteiger partial charge in [-0.15, -0.1) is 0 Å². The summed E-state index contributed by atoms with van der Waals surface area (Å²) >= 11 is 0. The molecular formula is C17H18FNO5S. The highest BCUT2D eigenvalue weighted by Gasteiger charge is 2.26. The van der Waals surface area contributed by atoms with Crippen LogP contribution >= 0.6 is 0 Å². The maximum absolute atomic E-state index is 13.1. The number of hydrogen-bond acceptors (Lipinski definition) is 4. The minimum Gasteiger partial charge on any atom is -0.507 e. The monoisotopic (exact) mass is 367 g/mol. The van der Waals surface area contributed by atoms with E-state index in [0.717, 1.165) is 40.7 Å². The van der Waals surface area contributed by atoms with Gasteiger partial charge in [0.15, 0.2) is 0 Å². The van der Waals surface area contributed by atoms with Gasteiger partial charge in [-0.2, -0.15) is 0 Å². The first-order valence-electron chi connectivity index (χ1n) is 7.47. The standard InChI is InChI=1S/C17H18FNO5S/c1-11(2)10-19(13-5-8-15(17(21)22)16(20)9-13)25(23,24)14-6-3-12(18)4-7-14/h3-9,11,20H,10H2,1-2H3,(H,21,22). The molecule has 0 bridgehead atoms. The second-order valence-electron chi connectivity index (χ2n) is 5.89. The number of sulfonamides is 1. The zero-order valence-corrected chi connectivity index (χ0v) is 14.5. The van der Waals surface area contributed by atoms with Gasteiger partial charge in [0.1, 0.15) is 17.1 Å². The third-order valence-corrected chi connectivity index (χ3v) is 5.24. The lowest BCUT2D eigenvalue weighted by atomic mass is 10.1. The number of rotatable bonds is 6. The molecule has 0 aliphatic heterocycles. The van der Waals surface area contributed by atoms with E-state index in [1.165, 1.54) is 6.07 Å². The van der Waals surface area contributed by atoms with E-state index in [1.807, 2.05) is 13.8 Å². The van der Waals surface area contributed by atoms with Crippen molar-refractivity contribution < 1.29 is 27.8 Å². The van der Waals surface area contributed by atoms with Gasteiger partial charge >= 0.3 is 5.97 Å². The van der Waals surface area contributed by atoms with Crippen LogP contribution in [0.4, 0.5) is 10.1 Å². The quantitative estimate of drug-likeness (QED) is 0.818. The number of carboxylic acids is 1. The van der Waals surface area contributed by atoms with Crippen molar-refractivity contribution in [3.8, 4) is 5.75 Å². The van der Waals surface area contributed by atoms with Crippen molar-refractivity contribution in [1.82, 2.24) is 0 Å². The molecular weight excluding hydrogens is 349 g/mol. The van der Waals surface area contributed by atoms with Gasteiger partial charge in [0.25, 0.3) is 10.0 Å². The van der Waals surface area contributed by atoms with Crippen molar-refractivity contribution >= 4 is 21.7 Å². The number of aromatic carboxylic acids is 1. The Hall–Kier alpha value is -2.61. The van der Waals surface area contributed by atoms with Crippen molar-refractivity contribution in [3.63, 3.8) is 0 Å². The molecule has 0 radical (unpaired) electrons. The summed E-state index contributed by atoms with van der Waals surface area (Å²) < 4.78 is 40.0. The van der Waals surface area contributed by atoms with E-state index in [2.05, 4.69) is 0 Å². The van der Waals surface area contributed by atoms with E-state index in [-0.39, 0.29) is 28.6 Å². The molecule has 0 spiro atoms. The highest BCUT2D eigenvalue weighted by atomic mass is 32.2. The molecule has 0 fully saturated rings. The first kappa shape index (κ1) is 18.7. The average Bonchev–Trinajstić information content (AvgIpc) is 2.52. The fourth-order valence-electron chi connectivity index (χ4n) is 2.26. The molecule has 0 amide bonds. The third-order valence-electron chi connectivity index (χ3n) is 3.43. The third kappa shape index (κ3) is 4.08. The van der Waals surface area contributed by atoms with Crippen LogP contribution in [0.2, 0.25) is 0 Å². The largest absolute Gasteiger partial charge is 0.507 e. The van der Waals surface area contributed by atoms with Crippen LogP contribution in [0.5, 0.6) is 5.75 Å². The number of phenols is 1. The highest BCUT2D eigenvalue weighted by molar-refractivity contribution is 7.92. The molecule has 0 saturated heterocycles. The number of carbonyl (C=O) groups is 1. The Balaban J connectivity index is 2.54. The normalized spacial score (nSPS) is 11.5. The molecule has 0 heterocycles. The smallest absolute Gasteiger partial charge is 0.339 e. The number of carboxylic acid groups (broad SMARTS) is 1. The first-order valence-corrected chi connectivity index (χ1v) is 8.91. The van der Waals surface area contributed by atoms with Crippen LogP contribution in [0.3, 0.4) is 0 Å². The van der Waals surface area contributed by atoms with Gasteiger partial charge in [0.05, 0.1) is 10.6 Å². The average molecular weight is 367 g/mol. The summed E-state index contributed by atoms with van der Waals surface area (Å²) in [4.78, 5) is 10.9. The van der Waals surface area contributed by atoms with Crippen LogP contribution in [0.1, 0.15) is 24.2 Å². The number of halogens is 1. The Labute approximate surface area is 145 Å². The van der Waals surface area contributed by atoms with Crippen LogP contribution < -0.4 is 4.31 Å². The van der Waals surface area contributed by atoms with Crippen molar-refractivity contribution in [1.29, 1.82) is 0 Å². The molecule has 6 nitrogen and oxygen atoms in total. The van der Waals surface area contributed by atoms with Crippen LogP contribution in [-0.4, -0.2) is 31.1 Å². The van der Waals surface area contributed by atoms with Gasteiger partial charge in [-0.1, -0.05) is 13.8 Å². The SMILES string of the molecule is CC(C)CN(c1ccc(C(=O)O)c(O)c1)S(=O)(=O)c1ccc(F)cc1. The van der Waals surface area contributed by atoms with Crippen LogP contribution in [0, 0.1) is 11.7 Å². The van der Waals surface area contributed by atoms with E-state index in [9.17, 15) is 22.7 Å². The highest BCUT2D eigenvalue weighted by Crippen LogP contribution is 2.30. The Morgan fingerprint density at radius 2 is 1.76 bits per heavy atom. The molecule has 0 aliphatic rings. The lowest BCUT2D eigenvalue weighted by Gasteiger charge is -2.26. The molecule has 134 valence electrons. The Bertz CT molecular complexity index is 878. The van der Waals surface area contributed by atoms with Crippen molar-refractivity contribution in [2.75, 3.05) is 10.8 Å².